The average molecular weight is 361 g/mol. The van der Waals surface area contributed by atoms with Crippen molar-refractivity contribution < 1.29 is 4.74 Å². The van der Waals surface area contributed by atoms with Crippen LogP contribution in [0, 0.1) is 0 Å². The van der Waals surface area contributed by atoms with Gasteiger partial charge in [-0.05, 0) is 19.9 Å². The zero-order chi connectivity index (χ0) is 17.8. The fourth-order valence-corrected chi connectivity index (χ4v) is 4.06. The Kier molecular flexibility index (Phi) is 5.99. The standard InChI is InChI=1S/C19H32N6O/c1-22-4-10-25(11-5-22)19-20-13-17(14-21-19)15-23-6-8-24(9-7-23)16-18-3-2-12-26-18/h13-14,18H,2-12,15-16H2,1H3. The van der Waals surface area contributed by atoms with Crippen molar-refractivity contribution in [3.8, 4) is 0 Å². The molecule has 0 bridgehead atoms. The zero-order valence-corrected chi connectivity index (χ0v) is 16.0. The molecule has 3 fully saturated rings. The average Bonchev–Trinajstić information content (AvgIpc) is 3.18. The van der Waals surface area contributed by atoms with E-state index in [0.717, 1.165) is 78.0 Å². The molecule has 0 saturated carbocycles. The first-order valence-electron chi connectivity index (χ1n) is 10.1. The Morgan fingerprint density at radius 3 is 2.31 bits per heavy atom. The van der Waals surface area contributed by atoms with E-state index in [1.54, 1.807) is 0 Å². The van der Waals surface area contributed by atoms with Crippen LogP contribution in [-0.2, 0) is 11.3 Å². The van der Waals surface area contributed by atoms with Crippen molar-refractivity contribution in [1.29, 1.82) is 0 Å². The lowest BCUT2D eigenvalue weighted by Crippen LogP contribution is -2.48. The van der Waals surface area contributed by atoms with E-state index in [0.29, 0.717) is 6.10 Å². The highest BCUT2D eigenvalue weighted by atomic mass is 16.5. The van der Waals surface area contributed by atoms with Crippen LogP contribution in [0.1, 0.15) is 18.4 Å². The molecule has 1 atom stereocenters. The Morgan fingerprint density at radius 1 is 0.962 bits per heavy atom. The summed E-state index contributed by atoms with van der Waals surface area (Å²) >= 11 is 0. The Bertz CT molecular complexity index is 546. The van der Waals surface area contributed by atoms with Crippen molar-refractivity contribution in [2.45, 2.75) is 25.5 Å². The van der Waals surface area contributed by atoms with Gasteiger partial charge in [0.2, 0.25) is 5.95 Å². The maximum absolute atomic E-state index is 5.77. The van der Waals surface area contributed by atoms with E-state index in [-0.39, 0.29) is 0 Å². The van der Waals surface area contributed by atoms with E-state index < -0.39 is 0 Å². The summed E-state index contributed by atoms with van der Waals surface area (Å²) in [4.78, 5) is 18.9. The smallest absolute Gasteiger partial charge is 0.225 e. The van der Waals surface area contributed by atoms with Crippen LogP contribution in [0.4, 0.5) is 5.95 Å². The van der Waals surface area contributed by atoms with Crippen molar-refractivity contribution in [2.24, 2.45) is 0 Å². The van der Waals surface area contributed by atoms with Gasteiger partial charge in [-0.25, -0.2) is 9.97 Å². The summed E-state index contributed by atoms with van der Waals surface area (Å²) in [6.45, 7) is 11.7. The number of likely N-dealkylation sites (N-methyl/N-ethyl adjacent to an activating group) is 1. The topological polar surface area (TPSA) is 48.0 Å². The van der Waals surface area contributed by atoms with E-state index in [1.165, 1.54) is 18.4 Å². The summed E-state index contributed by atoms with van der Waals surface area (Å²) in [5.74, 6) is 0.878. The van der Waals surface area contributed by atoms with E-state index in [2.05, 4.69) is 36.6 Å². The monoisotopic (exact) mass is 360 g/mol. The molecular formula is C19H32N6O. The van der Waals surface area contributed by atoms with Crippen LogP contribution in [0.3, 0.4) is 0 Å². The largest absolute Gasteiger partial charge is 0.377 e. The molecule has 7 nitrogen and oxygen atoms in total. The van der Waals surface area contributed by atoms with Gasteiger partial charge in [-0.15, -0.1) is 0 Å². The lowest BCUT2D eigenvalue weighted by Gasteiger charge is -2.35. The van der Waals surface area contributed by atoms with Crippen molar-refractivity contribution in [3.05, 3.63) is 18.0 Å². The molecule has 4 heterocycles. The van der Waals surface area contributed by atoms with Gasteiger partial charge in [-0.1, -0.05) is 0 Å². The summed E-state index contributed by atoms with van der Waals surface area (Å²) in [6.07, 6.45) is 6.96. The predicted molar refractivity (Wildman–Crippen MR) is 102 cm³/mol. The lowest BCUT2D eigenvalue weighted by molar-refractivity contribution is 0.0489. The van der Waals surface area contributed by atoms with Gasteiger partial charge in [0, 0.05) is 90.0 Å². The van der Waals surface area contributed by atoms with Gasteiger partial charge in [0.15, 0.2) is 0 Å². The fraction of sp³-hybridized carbons (Fsp3) is 0.789. The molecule has 0 amide bonds. The van der Waals surface area contributed by atoms with Crippen molar-refractivity contribution in [2.75, 3.05) is 77.5 Å². The van der Waals surface area contributed by atoms with Crippen molar-refractivity contribution in [1.82, 2.24) is 24.7 Å². The number of ether oxygens (including phenoxy) is 1. The molecule has 0 N–H and O–H groups in total. The molecular weight excluding hydrogens is 328 g/mol. The maximum atomic E-state index is 5.77. The minimum absolute atomic E-state index is 0.470. The minimum Gasteiger partial charge on any atom is -0.377 e. The molecule has 3 saturated heterocycles. The number of hydrogen-bond donors (Lipinski definition) is 0. The van der Waals surface area contributed by atoms with Gasteiger partial charge in [0.05, 0.1) is 6.10 Å². The number of piperazine rings is 2. The molecule has 0 radical (unpaired) electrons. The fourth-order valence-electron chi connectivity index (χ4n) is 4.06. The minimum atomic E-state index is 0.470. The number of nitrogens with zero attached hydrogens (tertiary/aromatic N) is 6. The van der Waals surface area contributed by atoms with Crippen LogP contribution in [0.5, 0.6) is 0 Å². The highest BCUT2D eigenvalue weighted by Gasteiger charge is 2.23. The van der Waals surface area contributed by atoms with Crippen LogP contribution in [0.2, 0.25) is 0 Å². The lowest BCUT2D eigenvalue weighted by atomic mass is 10.2. The van der Waals surface area contributed by atoms with Gasteiger partial charge in [0.1, 0.15) is 0 Å². The number of hydrogen-bond acceptors (Lipinski definition) is 7. The molecule has 0 aromatic carbocycles. The third-order valence-electron chi connectivity index (χ3n) is 5.83. The highest BCUT2D eigenvalue weighted by molar-refractivity contribution is 5.30. The second-order valence-electron chi connectivity index (χ2n) is 7.89. The second-order valence-corrected chi connectivity index (χ2v) is 7.89. The molecule has 4 rings (SSSR count). The van der Waals surface area contributed by atoms with Gasteiger partial charge in [-0.2, -0.15) is 0 Å². The van der Waals surface area contributed by atoms with Crippen LogP contribution in [0.25, 0.3) is 0 Å². The quantitative estimate of drug-likeness (QED) is 0.759. The first-order valence-corrected chi connectivity index (χ1v) is 10.1. The van der Waals surface area contributed by atoms with E-state index in [9.17, 15) is 0 Å². The third-order valence-corrected chi connectivity index (χ3v) is 5.83. The van der Waals surface area contributed by atoms with Crippen LogP contribution < -0.4 is 4.90 Å². The van der Waals surface area contributed by atoms with Gasteiger partial charge in [-0.3, -0.25) is 9.80 Å². The summed E-state index contributed by atoms with van der Waals surface area (Å²) in [7, 11) is 2.17. The molecule has 1 aromatic heterocycles. The third kappa shape index (κ3) is 4.71. The maximum Gasteiger partial charge on any atom is 0.225 e. The highest BCUT2D eigenvalue weighted by Crippen LogP contribution is 2.16. The summed E-state index contributed by atoms with van der Waals surface area (Å²) < 4.78 is 5.77. The summed E-state index contributed by atoms with van der Waals surface area (Å²) in [6, 6.07) is 0. The SMILES string of the molecule is CN1CCN(c2ncc(CN3CCN(CC4CCCO4)CC3)cn2)CC1. The number of aromatic nitrogens is 2. The van der Waals surface area contributed by atoms with Gasteiger partial charge in [0.25, 0.3) is 0 Å². The van der Waals surface area contributed by atoms with E-state index >= 15 is 0 Å². The first-order chi connectivity index (χ1) is 12.8. The molecule has 26 heavy (non-hydrogen) atoms. The summed E-state index contributed by atoms with van der Waals surface area (Å²) in [5.41, 5.74) is 1.22. The normalized spacial score (nSPS) is 26.5. The van der Waals surface area contributed by atoms with Gasteiger partial charge >= 0.3 is 0 Å². The molecule has 0 spiro atoms. The molecule has 7 heteroatoms. The molecule has 3 aliphatic heterocycles. The van der Waals surface area contributed by atoms with Crippen molar-refractivity contribution >= 4 is 5.95 Å². The molecule has 0 aliphatic carbocycles. The predicted octanol–water partition coefficient (Wildman–Crippen LogP) is 0.525. The van der Waals surface area contributed by atoms with E-state index in [4.69, 9.17) is 4.74 Å². The van der Waals surface area contributed by atoms with Gasteiger partial charge < -0.3 is 14.5 Å². The van der Waals surface area contributed by atoms with Crippen LogP contribution >= 0.6 is 0 Å². The number of rotatable bonds is 5. The Hall–Kier alpha value is -1.28. The Morgan fingerprint density at radius 2 is 1.65 bits per heavy atom. The first kappa shape index (κ1) is 18.1. The van der Waals surface area contributed by atoms with Crippen molar-refractivity contribution in [3.63, 3.8) is 0 Å². The number of anilines is 1. The second kappa shape index (κ2) is 8.61. The summed E-state index contributed by atoms with van der Waals surface area (Å²) in [5, 5.41) is 0. The van der Waals surface area contributed by atoms with Crippen LogP contribution in [0.15, 0.2) is 12.4 Å². The molecule has 3 aliphatic rings. The van der Waals surface area contributed by atoms with Crippen LogP contribution in [-0.4, -0.2) is 103 Å². The Labute approximate surface area is 156 Å². The zero-order valence-electron chi connectivity index (χ0n) is 16.0. The van der Waals surface area contributed by atoms with E-state index in [1.807, 2.05) is 12.4 Å². The Balaban J connectivity index is 1.22. The molecule has 1 aromatic rings. The molecule has 1 unspecified atom stereocenters. The molecule has 144 valence electrons.